The van der Waals surface area contributed by atoms with Crippen LogP contribution in [0.15, 0.2) is 22.8 Å². The Morgan fingerprint density at radius 2 is 2.28 bits per heavy atom. The SMILES string of the molecule is CC(CCc1ccco1)NC1CCCCC1(C)C. The van der Waals surface area contributed by atoms with Crippen LogP contribution in [0.1, 0.15) is 58.6 Å². The van der Waals surface area contributed by atoms with Crippen molar-refractivity contribution in [3.63, 3.8) is 0 Å². The van der Waals surface area contributed by atoms with Crippen LogP contribution in [-0.4, -0.2) is 12.1 Å². The van der Waals surface area contributed by atoms with Gasteiger partial charge in [0.1, 0.15) is 5.76 Å². The summed E-state index contributed by atoms with van der Waals surface area (Å²) in [7, 11) is 0. The number of aryl methyl sites for hydroxylation is 1. The van der Waals surface area contributed by atoms with E-state index in [0.29, 0.717) is 17.5 Å². The molecular formula is C16H27NO. The van der Waals surface area contributed by atoms with E-state index in [-0.39, 0.29) is 0 Å². The number of rotatable bonds is 5. The topological polar surface area (TPSA) is 25.2 Å². The third-order valence-electron chi connectivity index (χ3n) is 4.40. The smallest absolute Gasteiger partial charge is 0.103 e. The first kappa shape index (κ1) is 13.7. The van der Waals surface area contributed by atoms with Gasteiger partial charge in [-0.05, 0) is 43.7 Å². The highest BCUT2D eigenvalue weighted by Crippen LogP contribution is 2.35. The van der Waals surface area contributed by atoms with Gasteiger partial charge in [0.05, 0.1) is 6.26 Å². The Morgan fingerprint density at radius 3 is 2.94 bits per heavy atom. The Hall–Kier alpha value is -0.760. The summed E-state index contributed by atoms with van der Waals surface area (Å²) in [6.07, 6.45) is 9.41. The second-order valence-electron chi connectivity index (χ2n) is 6.47. The molecule has 0 radical (unpaired) electrons. The van der Waals surface area contributed by atoms with Crippen LogP contribution in [0.25, 0.3) is 0 Å². The molecule has 0 aliphatic heterocycles. The molecule has 1 N–H and O–H groups in total. The molecule has 1 heterocycles. The number of hydrogen-bond donors (Lipinski definition) is 1. The van der Waals surface area contributed by atoms with E-state index < -0.39 is 0 Å². The number of hydrogen-bond acceptors (Lipinski definition) is 2. The summed E-state index contributed by atoms with van der Waals surface area (Å²) in [6, 6.07) is 5.28. The minimum atomic E-state index is 0.456. The highest BCUT2D eigenvalue weighted by Gasteiger charge is 2.32. The van der Waals surface area contributed by atoms with Crippen molar-refractivity contribution in [2.24, 2.45) is 5.41 Å². The van der Waals surface area contributed by atoms with Crippen molar-refractivity contribution >= 4 is 0 Å². The zero-order valence-electron chi connectivity index (χ0n) is 12.0. The van der Waals surface area contributed by atoms with Crippen molar-refractivity contribution in [2.45, 2.75) is 71.4 Å². The van der Waals surface area contributed by atoms with Gasteiger partial charge in [0, 0.05) is 18.5 Å². The van der Waals surface area contributed by atoms with E-state index in [4.69, 9.17) is 4.42 Å². The van der Waals surface area contributed by atoms with Crippen molar-refractivity contribution in [2.75, 3.05) is 0 Å². The van der Waals surface area contributed by atoms with Crippen LogP contribution in [-0.2, 0) is 6.42 Å². The van der Waals surface area contributed by atoms with Gasteiger partial charge in [-0.2, -0.15) is 0 Å². The van der Waals surface area contributed by atoms with Crippen LogP contribution < -0.4 is 5.32 Å². The molecule has 0 saturated heterocycles. The third kappa shape index (κ3) is 3.61. The average Bonchev–Trinajstić information content (AvgIpc) is 2.82. The highest BCUT2D eigenvalue weighted by atomic mass is 16.3. The fraction of sp³-hybridized carbons (Fsp3) is 0.750. The predicted molar refractivity (Wildman–Crippen MR) is 75.7 cm³/mol. The van der Waals surface area contributed by atoms with E-state index in [2.05, 4.69) is 32.2 Å². The van der Waals surface area contributed by atoms with Crippen molar-refractivity contribution in [3.05, 3.63) is 24.2 Å². The molecule has 2 rings (SSSR count). The Kier molecular flexibility index (Phi) is 4.50. The zero-order chi connectivity index (χ0) is 13.0. The van der Waals surface area contributed by atoms with Gasteiger partial charge in [-0.3, -0.25) is 0 Å². The molecule has 1 aliphatic rings. The van der Waals surface area contributed by atoms with Crippen molar-refractivity contribution in [1.82, 2.24) is 5.32 Å². The molecule has 1 saturated carbocycles. The highest BCUT2D eigenvalue weighted by molar-refractivity contribution is 4.98. The maximum absolute atomic E-state index is 5.39. The minimum absolute atomic E-state index is 0.456. The number of furan rings is 1. The molecule has 0 amide bonds. The Morgan fingerprint density at radius 1 is 1.44 bits per heavy atom. The summed E-state index contributed by atoms with van der Waals surface area (Å²) in [5.74, 6) is 1.10. The first-order chi connectivity index (χ1) is 8.58. The Balaban J connectivity index is 1.77. The van der Waals surface area contributed by atoms with E-state index in [1.54, 1.807) is 6.26 Å². The molecule has 2 heteroatoms. The molecule has 18 heavy (non-hydrogen) atoms. The van der Waals surface area contributed by atoms with Gasteiger partial charge in [-0.25, -0.2) is 0 Å². The fourth-order valence-corrected chi connectivity index (χ4v) is 3.04. The van der Waals surface area contributed by atoms with Crippen LogP contribution in [0.3, 0.4) is 0 Å². The summed E-state index contributed by atoms with van der Waals surface area (Å²) in [6.45, 7) is 7.11. The standard InChI is InChI=1S/C16H27NO/c1-13(9-10-14-7-6-12-18-14)17-15-8-4-5-11-16(15,2)3/h6-7,12-13,15,17H,4-5,8-11H2,1-3H3. The maximum atomic E-state index is 5.39. The maximum Gasteiger partial charge on any atom is 0.103 e. The monoisotopic (exact) mass is 249 g/mol. The lowest BCUT2D eigenvalue weighted by Crippen LogP contribution is -2.47. The van der Waals surface area contributed by atoms with Gasteiger partial charge < -0.3 is 9.73 Å². The van der Waals surface area contributed by atoms with E-state index >= 15 is 0 Å². The third-order valence-corrected chi connectivity index (χ3v) is 4.40. The lowest BCUT2D eigenvalue weighted by Gasteiger charge is -2.40. The molecule has 0 aromatic carbocycles. The molecule has 0 spiro atoms. The summed E-state index contributed by atoms with van der Waals surface area (Å²) in [5, 5.41) is 3.83. The summed E-state index contributed by atoms with van der Waals surface area (Å²) in [5.41, 5.74) is 0.456. The molecular weight excluding hydrogens is 222 g/mol. The van der Waals surface area contributed by atoms with E-state index in [0.717, 1.165) is 18.6 Å². The molecule has 1 aliphatic carbocycles. The minimum Gasteiger partial charge on any atom is -0.469 e. The second-order valence-corrected chi connectivity index (χ2v) is 6.47. The largest absolute Gasteiger partial charge is 0.469 e. The summed E-state index contributed by atoms with van der Waals surface area (Å²) >= 11 is 0. The van der Waals surface area contributed by atoms with E-state index in [1.807, 2.05) is 6.07 Å². The molecule has 102 valence electrons. The Labute approximate surface area is 111 Å². The number of nitrogens with one attached hydrogen (secondary N) is 1. The first-order valence-electron chi connectivity index (χ1n) is 7.36. The fourth-order valence-electron chi connectivity index (χ4n) is 3.04. The lowest BCUT2D eigenvalue weighted by molar-refractivity contribution is 0.155. The van der Waals surface area contributed by atoms with Gasteiger partial charge in [-0.1, -0.05) is 26.7 Å². The van der Waals surface area contributed by atoms with Gasteiger partial charge in [0.15, 0.2) is 0 Å². The van der Waals surface area contributed by atoms with Gasteiger partial charge in [-0.15, -0.1) is 0 Å². The van der Waals surface area contributed by atoms with Crippen molar-refractivity contribution < 1.29 is 4.42 Å². The average molecular weight is 249 g/mol. The summed E-state index contributed by atoms with van der Waals surface area (Å²) in [4.78, 5) is 0. The van der Waals surface area contributed by atoms with Crippen LogP contribution in [0.4, 0.5) is 0 Å². The van der Waals surface area contributed by atoms with Gasteiger partial charge >= 0.3 is 0 Å². The quantitative estimate of drug-likeness (QED) is 0.847. The first-order valence-corrected chi connectivity index (χ1v) is 7.36. The van der Waals surface area contributed by atoms with E-state index in [9.17, 15) is 0 Å². The lowest BCUT2D eigenvalue weighted by atomic mass is 9.73. The van der Waals surface area contributed by atoms with Crippen LogP contribution in [0.5, 0.6) is 0 Å². The molecule has 2 atom stereocenters. The zero-order valence-corrected chi connectivity index (χ0v) is 12.0. The van der Waals surface area contributed by atoms with Gasteiger partial charge in [0.2, 0.25) is 0 Å². The van der Waals surface area contributed by atoms with Crippen LogP contribution >= 0.6 is 0 Å². The molecule has 0 bridgehead atoms. The summed E-state index contributed by atoms with van der Waals surface area (Å²) < 4.78 is 5.39. The molecule has 1 aromatic heterocycles. The predicted octanol–water partition coefficient (Wildman–Crippen LogP) is 4.16. The second kappa shape index (κ2) is 5.92. The van der Waals surface area contributed by atoms with Crippen LogP contribution in [0, 0.1) is 5.41 Å². The molecule has 1 aromatic rings. The van der Waals surface area contributed by atoms with Crippen LogP contribution in [0.2, 0.25) is 0 Å². The van der Waals surface area contributed by atoms with E-state index in [1.165, 1.54) is 25.7 Å². The normalized spacial score (nSPS) is 24.9. The molecule has 2 unspecified atom stereocenters. The molecule has 2 nitrogen and oxygen atoms in total. The Bertz CT molecular complexity index is 342. The van der Waals surface area contributed by atoms with Crippen molar-refractivity contribution in [3.8, 4) is 0 Å². The van der Waals surface area contributed by atoms with Gasteiger partial charge in [0.25, 0.3) is 0 Å². The van der Waals surface area contributed by atoms with Crippen molar-refractivity contribution in [1.29, 1.82) is 0 Å². The molecule has 1 fully saturated rings.